The van der Waals surface area contributed by atoms with Crippen molar-refractivity contribution in [3.05, 3.63) is 206 Å². The smallest absolute Gasteiger partial charge is 0.137 e. The van der Waals surface area contributed by atoms with E-state index >= 15 is 0 Å². The molecule has 9 aromatic carbocycles. The Hall–Kier alpha value is -7.36. The maximum Gasteiger partial charge on any atom is 0.137 e. The highest BCUT2D eigenvalue weighted by Crippen LogP contribution is 2.44. The first-order valence-electron chi connectivity index (χ1n) is 18.8. The maximum atomic E-state index is 6.44. The lowest BCUT2D eigenvalue weighted by Gasteiger charge is -2.28. The Morgan fingerprint density at radius 3 is 1.87 bits per heavy atom. The summed E-state index contributed by atoms with van der Waals surface area (Å²) in [6, 6.07) is 74.0. The highest BCUT2D eigenvalue weighted by molar-refractivity contribution is 6.12. The third-order valence-electron chi connectivity index (χ3n) is 11.0. The minimum absolute atomic E-state index is 0.864. The molecule has 258 valence electrons. The van der Waals surface area contributed by atoms with Crippen LogP contribution in [0, 0.1) is 0 Å². The van der Waals surface area contributed by atoms with E-state index in [2.05, 4.69) is 204 Å². The van der Waals surface area contributed by atoms with E-state index < -0.39 is 0 Å². The van der Waals surface area contributed by atoms with Crippen LogP contribution in [0.3, 0.4) is 0 Å². The first-order valence-corrected chi connectivity index (χ1v) is 18.8. The Morgan fingerprint density at radius 1 is 0.364 bits per heavy atom. The number of benzene rings is 9. The van der Waals surface area contributed by atoms with Crippen molar-refractivity contribution in [2.75, 3.05) is 4.90 Å². The summed E-state index contributed by atoms with van der Waals surface area (Å²) in [7, 11) is 0. The Labute approximate surface area is 318 Å². The maximum absolute atomic E-state index is 6.44. The van der Waals surface area contributed by atoms with Crippen LogP contribution in [-0.2, 0) is 0 Å². The summed E-state index contributed by atoms with van der Waals surface area (Å²) in [5.41, 5.74) is 13.1. The minimum atomic E-state index is 0.864. The number of para-hydroxylation sites is 3. The molecule has 11 rings (SSSR count). The lowest BCUT2D eigenvalue weighted by atomic mass is 9.99. The summed E-state index contributed by atoms with van der Waals surface area (Å²) >= 11 is 0. The zero-order valence-corrected chi connectivity index (χ0v) is 29.9. The van der Waals surface area contributed by atoms with Crippen LogP contribution in [0.25, 0.3) is 82.5 Å². The van der Waals surface area contributed by atoms with Crippen molar-refractivity contribution in [1.82, 2.24) is 4.57 Å². The quantitative estimate of drug-likeness (QED) is 0.172. The Morgan fingerprint density at radius 2 is 0.982 bits per heavy atom. The van der Waals surface area contributed by atoms with Gasteiger partial charge < -0.3 is 13.9 Å². The molecule has 0 aliphatic rings. The van der Waals surface area contributed by atoms with Crippen LogP contribution in [0.4, 0.5) is 17.1 Å². The number of anilines is 3. The lowest BCUT2D eigenvalue weighted by molar-refractivity contribution is 0.669. The van der Waals surface area contributed by atoms with Gasteiger partial charge in [0.25, 0.3) is 0 Å². The Balaban J connectivity index is 1.13. The Kier molecular flexibility index (Phi) is 7.17. The van der Waals surface area contributed by atoms with Gasteiger partial charge in [-0.3, -0.25) is 0 Å². The average Bonchev–Trinajstić information content (AvgIpc) is 3.79. The fourth-order valence-electron chi connectivity index (χ4n) is 8.43. The molecule has 0 aliphatic heterocycles. The van der Waals surface area contributed by atoms with E-state index in [0.29, 0.717) is 0 Å². The van der Waals surface area contributed by atoms with Crippen molar-refractivity contribution < 1.29 is 4.42 Å². The molecule has 0 aliphatic carbocycles. The molecular formula is C52H34N2O. The highest BCUT2D eigenvalue weighted by Gasteiger charge is 2.21. The van der Waals surface area contributed by atoms with E-state index in [-0.39, 0.29) is 0 Å². The SMILES string of the molecule is c1ccc(-c2ccc(N(c3ccc4c(c3)oc3ccccc34)c3ccccc3-c3ccc4c5ccccc5n(-c5cccc6ccccc56)c4c3)cc2)cc1. The first-order chi connectivity index (χ1) is 27.3. The molecule has 0 amide bonds. The summed E-state index contributed by atoms with van der Waals surface area (Å²) in [6.45, 7) is 0. The summed E-state index contributed by atoms with van der Waals surface area (Å²) < 4.78 is 8.88. The van der Waals surface area contributed by atoms with Gasteiger partial charge in [0, 0.05) is 49.9 Å². The van der Waals surface area contributed by atoms with E-state index in [4.69, 9.17) is 4.42 Å². The zero-order chi connectivity index (χ0) is 36.3. The number of furan rings is 1. The van der Waals surface area contributed by atoms with Crippen LogP contribution < -0.4 is 4.90 Å². The molecule has 0 atom stereocenters. The Bertz CT molecular complexity index is 3200. The number of nitrogens with zero attached hydrogens (tertiary/aromatic N) is 2. The highest BCUT2D eigenvalue weighted by atomic mass is 16.3. The van der Waals surface area contributed by atoms with Gasteiger partial charge in [0.1, 0.15) is 11.2 Å². The van der Waals surface area contributed by atoms with Gasteiger partial charge in [-0.1, -0.05) is 146 Å². The second kappa shape index (κ2) is 12.6. The van der Waals surface area contributed by atoms with Crippen molar-refractivity contribution >= 4 is 71.6 Å². The van der Waals surface area contributed by atoms with Gasteiger partial charge in [-0.15, -0.1) is 0 Å². The number of rotatable bonds is 6. The van der Waals surface area contributed by atoms with Crippen molar-refractivity contribution in [2.45, 2.75) is 0 Å². The van der Waals surface area contributed by atoms with Crippen molar-refractivity contribution in [3.63, 3.8) is 0 Å². The molecule has 55 heavy (non-hydrogen) atoms. The van der Waals surface area contributed by atoms with E-state index in [1.54, 1.807) is 0 Å². The predicted molar refractivity (Wildman–Crippen MR) is 231 cm³/mol. The van der Waals surface area contributed by atoms with Crippen LogP contribution in [0.15, 0.2) is 211 Å². The van der Waals surface area contributed by atoms with Crippen LogP contribution in [-0.4, -0.2) is 4.57 Å². The standard InChI is InChI=1S/C52H34N2O/c1-2-13-35(14-3-1)36-25-28-39(29-26-36)53(40-30-32-46-45-20-8-11-24-51(45)55-52(46)34-40)47-21-9-6-18-42(47)38-27-31-44-43-19-7-10-22-49(43)54(50(44)33-38)48-23-12-16-37-15-4-5-17-41(37)48/h1-34H. The number of hydrogen-bond acceptors (Lipinski definition) is 2. The molecule has 3 heteroatoms. The topological polar surface area (TPSA) is 21.3 Å². The molecule has 2 aromatic heterocycles. The summed E-state index contributed by atoms with van der Waals surface area (Å²) in [5, 5.41) is 7.15. The van der Waals surface area contributed by atoms with Crippen LogP contribution in [0.2, 0.25) is 0 Å². The monoisotopic (exact) mass is 702 g/mol. The van der Waals surface area contributed by atoms with E-state index in [1.807, 2.05) is 12.1 Å². The second-order valence-electron chi connectivity index (χ2n) is 14.1. The van der Waals surface area contributed by atoms with Crippen molar-refractivity contribution in [1.29, 1.82) is 0 Å². The van der Waals surface area contributed by atoms with E-state index in [9.17, 15) is 0 Å². The first kappa shape index (κ1) is 31.2. The molecule has 0 spiro atoms. The third kappa shape index (κ3) is 5.13. The molecule has 0 saturated heterocycles. The predicted octanol–water partition coefficient (Wildman–Crippen LogP) is 14.6. The summed E-state index contributed by atoms with van der Waals surface area (Å²) in [6.07, 6.45) is 0. The molecule has 3 nitrogen and oxygen atoms in total. The molecule has 0 radical (unpaired) electrons. The van der Waals surface area contributed by atoms with Gasteiger partial charge in [-0.2, -0.15) is 0 Å². The van der Waals surface area contributed by atoms with Crippen molar-refractivity contribution in [3.8, 4) is 27.9 Å². The fraction of sp³-hybridized carbons (Fsp3) is 0. The third-order valence-corrected chi connectivity index (χ3v) is 11.0. The van der Waals surface area contributed by atoms with Crippen LogP contribution in [0.5, 0.6) is 0 Å². The summed E-state index contributed by atoms with van der Waals surface area (Å²) in [4.78, 5) is 2.36. The van der Waals surface area contributed by atoms with Crippen LogP contribution in [0.1, 0.15) is 0 Å². The molecule has 2 heterocycles. The van der Waals surface area contributed by atoms with Gasteiger partial charge in [0.05, 0.1) is 22.4 Å². The number of hydrogen-bond donors (Lipinski definition) is 0. The average molecular weight is 703 g/mol. The molecule has 0 saturated carbocycles. The van der Waals surface area contributed by atoms with Crippen LogP contribution >= 0.6 is 0 Å². The molecule has 0 fully saturated rings. The molecule has 0 N–H and O–H groups in total. The molecule has 11 aromatic rings. The normalized spacial score (nSPS) is 11.6. The van der Waals surface area contributed by atoms with Gasteiger partial charge in [0.15, 0.2) is 0 Å². The molecule has 0 unspecified atom stereocenters. The molecular weight excluding hydrogens is 669 g/mol. The van der Waals surface area contributed by atoms with Gasteiger partial charge in [0.2, 0.25) is 0 Å². The van der Waals surface area contributed by atoms with Crippen molar-refractivity contribution in [2.24, 2.45) is 0 Å². The minimum Gasteiger partial charge on any atom is -0.456 e. The zero-order valence-electron chi connectivity index (χ0n) is 29.9. The lowest BCUT2D eigenvalue weighted by Crippen LogP contribution is -2.11. The van der Waals surface area contributed by atoms with E-state index in [0.717, 1.165) is 50.1 Å². The summed E-state index contributed by atoms with van der Waals surface area (Å²) in [5.74, 6) is 0. The largest absolute Gasteiger partial charge is 0.456 e. The number of aromatic nitrogens is 1. The van der Waals surface area contributed by atoms with Gasteiger partial charge in [-0.05, 0) is 76.7 Å². The second-order valence-corrected chi connectivity index (χ2v) is 14.1. The number of fused-ring (bicyclic) bond motifs is 7. The van der Waals surface area contributed by atoms with E-state index in [1.165, 1.54) is 49.4 Å². The van der Waals surface area contributed by atoms with Gasteiger partial charge in [-0.25, -0.2) is 0 Å². The van der Waals surface area contributed by atoms with Gasteiger partial charge >= 0.3 is 0 Å². The fourth-order valence-corrected chi connectivity index (χ4v) is 8.43. The molecule has 0 bridgehead atoms.